The quantitative estimate of drug-likeness (QED) is 0.489. The van der Waals surface area contributed by atoms with Crippen molar-refractivity contribution in [3.05, 3.63) is 69.8 Å². The van der Waals surface area contributed by atoms with E-state index in [1.54, 1.807) is 0 Å². The zero-order chi connectivity index (χ0) is 20.1. The zero-order valence-electron chi connectivity index (χ0n) is 18.2. The number of hydrogen-bond acceptors (Lipinski definition) is 0. The molecule has 0 spiro atoms. The smallest absolute Gasteiger partial charge is 0.0397 e. The van der Waals surface area contributed by atoms with Crippen molar-refractivity contribution < 1.29 is 0 Å². The van der Waals surface area contributed by atoms with Gasteiger partial charge in [-0.2, -0.15) is 0 Å². The maximum atomic E-state index is 4.05. The maximum Gasteiger partial charge on any atom is 0.0397 e. The fourth-order valence-electron chi connectivity index (χ4n) is 4.48. The van der Waals surface area contributed by atoms with Gasteiger partial charge in [-0.3, -0.25) is 0 Å². The molecule has 27 heavy (non-hydrogen) atoms. The highest BCUT2D eigenvalue weighted by atomic mass is 28.1. The van der Waals surface area contributed by atoms with Crippen molar-refractivity contribution in [3.8, 4) is 0 Å². The normalized spacial score (nSPS) is 17.3. The summed E-state index contributed by atoms with van der Waals surface area (Å²) in [6, 6.07) is 13.5. The summed E-state index contributed by atoms with van der Waals surface area (Å²) in [5, 5.41) is 0. The second kappa shape index (κ2) is 6.78. The number of allylic oxidation sites excluding steroid dienone is 1. The van der Waals surface area contributed by atoms with Gasteiger partial charge in [-0.15, -0.1) is 0 Å². The van der Waals surface area contributed by atoms with Crippen LogP contribution in [0.25, 0.3) is 11.6 Å². The van der Waals surface area contributed by atoms with Gasteiger partial charge in [-0.25, -0.2) is 0 Å². The van der Waals surface area contributed by atoms with Crippen molar-refractivity contribution in [3.63, 3.8) is 0 Å². The molecule has 1 aliphatic rings. The van der Waals surface area contributed by atoms with Crippen LogP contribution < -0.4 is 0 Å². The Morgan fingerprint density at radius 3 is 2.00 bits per heavy atom. The highest BCUT2D eigenvalue weighted by molar-refractivity contribution is 6.23. The average molecular weight is 374 g/mol. The largest absolute Gasteiger partial charge is 0.0619 e. The van der Waals surface area contributed by atoms with Crippen LogP contribution in [0, 0.1) is 0 Å². The molecule has 0 aliphatic heterocycles. The lowest BCUT2D eigenvalue weighted by Gasteiger charge is -2.35. The molecule has 2 aromatic carbocycles. The molecular formula is C26H33Si. The highest BCUT2D eigenvalue weighted by Crippen LogP contribution is 2.47. The molecule has 2 aromatic rings. The van der Waals surface area contributed by atoms with Gasteiger partial charge in [-0.05, 0) is 61.2 Å². The highest BCUT2D eigenvalue weighted by Gasteiger charge is 2.32. The lowest BCUT2D eigenvalue weighted by molar-refractivity contribution is 0.545. The van der Waals surface area contributed by atoms with Crippen LogP contribution in [0.4, 0.5) is 0 Å². The SMILES string of the molecule is CC(C)c1c(C(C)(C)C)ccc(C2=Cc3ccccc3C2[Si])c1C(C)(C)C. The predicted octanol–water partition coefficient (Wildman–Crippen LogP) is 7.17. The van der Waals surface area contributed by atoms with Crippen LogP contribution in [0.1, 0.15) is 100 Å². The lowest BCUT2D eigenvalue weighted by atomic mass is 9.70. The van der Waals surface area contributed by atoms with Gasteiger partial charge < -0.3 is 0 Å². The van der Waals surface area contributed by atoms with Crippen LogP contribution >= 0.6 is 0 Å². The number of benzene rings is 2. The van der Waals surface area contributed by atoms with E-state index in [0.717, 1.165) is 0 Å². The monoisotopic (exact) mass is 373 g/mol. The second-order valence-corrected chi connectivity index (χ2v) is 10.8. The van der Waals surface area contributed by atoms with Crippen molar-refractivity contribution >= 4 is 21.9 Å². The van der Waals surface area contributed by atoms with E-state index in [0.29, 0.717) is 5.92 Å². The molecule has 0 N–H and O–H groups in total. The number of rotatable bonds is 2. The van der Waals surface area contributed by atoms with Gasteiger partial charge in [0.1, 0.15) is 0 Å². The average Bonchev–Trinajstić information content (AvgIpc) is 2.89. The molecule has 1 heteroatoms. The first-order chi connectivity index (χ1) is 12.4. The predicted molar refractivity (Wildman–Crippen MR) is 121 cm³/mol. The van der Waals surface area contributed by atoms with E-state index >= 15 is 0 Å². The molecule has 0 bridgehead atoms. The Morgan fingerprint density at radius 1 is 0.852 bits per heavy atom. The van der Waals surface area contributed by atoms with Gasteiger partial charge in [0.05, 0.1) is 0 Å². The zero-order valence-corrected chi connectivity index (χ0v) is 19.2. The van der Waals surface area contributed by atoms with Crippen LogP contribution in [0.2, 0.25) is 0 Å². The molecule has 3 rings (SSSR count). The van der Waals surface area contributed by atoms with Crippen LogP contribution in [0.5, 0.6) is 0 Å². The number of fused-ring (bicyclic) bond motifs is 1. The molecule has 0 nitrogen and oxygen atoms in total. The third-order valence-electron chi connectivity index (χ3n) is 5.62. The van der Waals surface area contributed by atoms with Crippen LogP contribution in [-0.2, 0) is 10.8 Å². The maximum absolute atomic E-state index is 4.05. The van der Waals surface area contributed by atoms with Crippen LogP contribution in [0.3, 0.4) is 0 Å². The minimum atomic E-state index is 0.0811. The van der Waals surface area contributed by atoms with E-state index in [2.05, 4.69) is 108 Å². The summed E-state index contributed by atoms with van der Waals surface area (Å²) >= 11 is 0. The van der Waals surface area contributed by atoms with E-state index in [1.165, 1.54) is 39.0 Å². The van der Waals surface area contributed by atoms with E-state index in [9.17, 15) is 0 Å². The summed E-state index contributed by atoms with van der Waals surface area (Å²) in [5.74, 6) is 0.492. The van der Waals surface area contributed by atoms with Crippen molar-refractivity contribution in [2.45, 2.75) is 77.7 Å². The van der Waals surface area contributed by atoms with E-state index in [1.807, 2.05) is 0 Å². The third kappa shape index (κ3) is 3.59. The Labute approximate surface area is 169 Å². The fourth-order valence-corrected chi connectivity index (χ4v) is 4.98. The minimum Gasteiger partial charge on any atom is -0.0619 e. The standard InChI is InChI=1S/C26H33Si/c1-16(2)22-21(25(3,4)5)14-13-19(23(22)26(6,7)8)20-15-17-11-9-10-12-18(17)24(20)27/h9-16,24H,1-8H3. The fraction of sp³-hybridized carbons (Fsp3) is 0.462. The van der Waals surface area contributed by atoms with Gasteiger partial charge in [0, 0.05) is 10.2 Å². The molecule has 1 atom stereocenters. The summed E-state index contributed by atoms with van der Waals surface area (Å²) in [5.41, 5.74) is 10.5. The van der Waals surface area contributed by atoms with Gasteiger partial charge in [0.15, 0.2) is 0 Å². The first kappa shape index (κ1) is 20.1. The van der Waals surface area contributed by atoms with Crippen LogP contribution in [0.15, 0.2) is 36.4 Å². The van der Waals surface area contributed by atoms with Gasteiger partial charge >= 0.3 is 0 Å². The van der Waals surface area contributed by atoms with E-state index in [4.69, 9.17) is 0 Å². The number of hydrogen-bond donors (Lipinski definition) is 0. The molecule has 1 unspecified atom stereocenters. The van der Waals surface area contributed by atoms with E-state index in [-0.39, 0.29) is 16.4 Å². The molecule has 0 saturated carbocycles. The third-order valence-corrected chi connectivity index (χ3v) is 6.24. The Kier molecular flexibility index (Phi) is 5.05. The Bertz CT molecular complexity index is 885. The molecule has 0 amide bonds. The molecule has 0 heterocycles. The molecule has 141 valence electrons. The van der Waals surface area contributed by atoms with Gasteiger partial charge in [0.2, 0.25) is 0 Å². The second-order valence-electron chi connectivity index (χ2n) is 10.3. The van der Waals surface area contributed by atoms with Crippen molar-refractivity contribution in [2.75, 3.05) is 0 Å². The Hall–Kier alpha value is -1.60. The first-order valence-corrected chi connectivity index (χ1v) is 10.7. The molecule has 3 radical (unpaired) electrons. The molecule has 0 aromatic heterocycles. The van der Waals surface area contributed by atoms with Gasteiger partial charge in [-0.1, -0.05) is 97.9 Å². The molecule has 0 fully saturated rings. The van der Waals surface area contributed by atoms with Gasteiger partial charge in [0.25, 0.3) is 0 Å². The summed E-state index contributed by atoms with van der Waals surface area (Å²) < 4.78 is 0. The van der Waals surface area contributed by atoms with Crippen molar-refractivity contribution in [2.24, 2.45) is 0 Å². The summed E-state index contributed by atoms with van der Waals surface area (Å²) in [6.45, 7) is 18.7. The van der Waals surface area contributed by atoms with Crippen LogP contribution in [-0.4, -0.2) is 10.2 Å². The first-order valence-electron chi connectivity index (χ1n) is 10.1. The van der Waals surface area contributed by atoms with Crippen molar-refractivity contribution in [1.29, 1.82) is 0 Å². The Morgan fingerprint density at radius 2 is 1.48 bits per heavy atom. The van der Waals surface area contributed by atoms with Crippen molar-refractivity contribution in [1.82, 2.24) is 0 Å². The Balaban J connectivity index is 2.32. The summed E-state index contributed by atoms with van der Waals surface area (Å²) in [7, 11) is 4.05. The molecule has 1 aliphatic carbocycles. The topological polar surface area (TPSA) is 0 Å². The summed E-state index contributed by atoms with van der Waals surface area (Å²) in [6.07, 6.45) is 2.37. The molecule has 0 saturated heterocycles. The molecular weight excluding hydrogens is 340 g/mol. The lowest BCUT2D eigenvalue weighted by Crippen LogP contribution is -2.24. The minimum absolute atomic E-state index is 0.0811. The summed E-state index contributed by atoms with van der Waals surface area (Å²) in [4.78, 5) is 0. The van der Waals surface area contributed by atoms with E-state index < -0.39 is 0 Å².